The van der Waals surface area contributed by atoms with Gasteiger partial charge in [0.25, 0.3) is 0 Å². The van der Waals surface area contributed by atoms with Crippen LogP contribution in [0.2, 0.25) is 0 Å². The van der Waals surface area contributed by atoms with Crippen LogP contribution in [-0.2, 0) is 9.53 Å². The van der Waals surface area contributed by atoms with Crippen LogP contribution in [0.4, 0.5) is 0 Å². The molecule has 0 saturated heterocycles. The van der Waals surface area contributed by atoms with Crippen molar-refractivity contribution in [3.05, 3.63) is 11.6 Å². The Bertz CT molecular complexity index is 152. The van der Waals surface area contributed by atoms with Crippen molar-refractivity contribution < 1.29 is 9.53 Å². The monoisotopic (exact) mass is 220 g/mol. The predicted molar refractivity (Wildman–Crippen MR) is 48.8 cm³/mol. The van der Waals surface area contributed by atoms with Crippen molar-refractivity contribution in [2.45, 2.75) is 20.3 Å². The Morgan fingerprint density at radius 2 is 2.27 bits per heavy atom. The minimum absolute atomic E-state index is 0.246. The van der Waals surface area contributed by atoms with Crippen LogP contribution in [-0.4, -0.2) is 17.9 Å². The number of hydrogen-bond donors (Lipinski definition) is 0. The van der Waals surface area contributed by atoms with E-state index in [2.05, 4.69) is 15.9 Å². The summed E-state index contributed by atoms with van der Waals surface area (Å²) in [6, 6.07) is 0. The molecule has 0 aliphatic heterocycles. The van der Waals surface area contributed by atoms with E-state index in [0.717, 1.165) is 12.0 Å². The molecule has 0 aliphatic carbocycles. The van der Waals surface area contributed by atoms with Gasteiger partial charge in [0, 0.05) is 11.4 Å². The smallest absolute Gasteiger partial charge is 0.330 e. The van der Waals surface area contributed by atoms with Gasteiger partial charge in [-0.3, -0.25) is 0 Å². The average molecular weight is 221 g/mol. The van der Waals surface area contributed by atoms with Crippen LogP contribution in [0.5, 0.6) is 0 Å². The molecule has 0 atom stereocenters. The summed E-state index contributed by atoms with van der Waals surface area (Å²) in [5, 5.41) is 0.716. The van der Waals surface area contributed by atoms with Gasteiger partial charge in [0.15, 0.2) is 0 Å². The molecular weight excluding hydrogens is 208 g/mol. The van der Waals surface area contributed by atoms with Gasteiger partial charge in [-0.1, -0.05) is 28.4 Å². The van der Waals surface area contributed by atoms with Gasteiger partial charge in [0.2, 0.25) is 0 Å². The highest BCUT2D eigenvalue weighted by molar-refractivity contribution is 9.09. The lowest BCUT2D eigenvalue weighted by atomic mass is 10.3. The largest absolute Gasteiger partial charge is 0.463 e. The number of halogens is 1. The molecule has 0 unspecified atom stereocenters. The van der Waals surface area contributed by atoms with Crippen molar-refractivity contribution in [2.75, 3.05) is 11.9 Å². The summed E-state index contributed by atoms with van der Waals surface area (Å²) in [4.78, 5) is 10.9. The molecule has 0 aromatic rings. The molecule has 0 radical (unpaired) electrons. The van der Waals surface area contributed by atoms with E-state index in [9.17, 15) is 4.79 Å². The van der Waals surface area contributed by atoms with Crippen molar-refractivity contribution in [1.29, 1.82) is 0 Å². The van der Waals surface area contributed by atoms with Crippen molar-refractivity contribution in [3.63, 3.8) is 0 Å². The van der Waals surface area contributed by atoms with Gasteiger partial charge in [-0.15, -0.1) is 0 Å². The summed E-state index contributed by atoms with van der Waals surface area (Å²) in [6.07, 6.45) is 2.37. The Labute approximate surface area is 75.7 Å². The maximum Gasteiger partial charge on any atom is 0.330 e. The lowest BCUT2D eigenvalue weighted by Gasteiger charge is -1.98. The van der Waals surface area contributed by atoms with E-state index in [-0.39, 0.29) is 5.97 Å². The number of carbonyl (C=O) groups is 1. The third-order valence-electron chi connectivity index (χ3n) is 1.02. The van der Waals surface area contributed by atoms with Crippen LogP contribution in [0, 0.1) is 0 Å². The molecule has 64 valence electrons. The van der Waals surface area contributed by atoms with Gasteiger partial charge in [-0.25, -0.2) is 4.79 Å². The van der Waals surface area contributed by atoms with Gasteiger partial charge < -0.3 is 4.74 Å². The molecule has 0 bridgehead atoms. The van der Waals surface area contributed by atoms with Crippen LogP contribution in [0.1, 0.15) is 20.3 Å². The highest BCUT2D eigenvalue weighted by Crippen LogP contribution is 1.98. The summed E-state index contributed by atoms with van der Waals surface area (Å²) in [5.41, 5.74) is 0.978. The van der Waals surface area contributed by atoms with Crippen LogP contribution in [0.25, 0.3) is 0 Å². The predicted octanol–water partition coefficient (Wildman–Crippen LogP) is 2.28. The van der Waals surface area contributed by atoms with E-state index in [1.54, 1.807) is 0 Å². The Morgan fingerprint density at radius 1 is 1.64 bits per heavy atom. The molecule has 0 fully saturated rings. The number of ether oxygens (including phenoxy) is 1. The molecule has 0 spiro atoms. The molecule has 2 nitrogen and oxygen atoms in total. The molecule has 11 heavy (non-hydrogen) atoms. The van der Waals surface area contributed by atoms with Gasteiger partial charge in [0.1, 0.15) is 0 Å². The van der Waals surface area contributed by atoms with E-state index in [1.807, 2.05) is 13.8 Å². The molecule has 0 saturated carbocycles. The van der Waals surface area contributed by atoms with Crippen molar-refractivity contribution in [2.24, 2.45) is 0 Å². The summed E-state index contributed by atoms with van der Waals surface area (Å²) in [6.45, 7) is 4.35. The first-order valence-corrected chi connectivity index (χ1v) is 4.72. The zero-order valence-electron chi connectivity index (χ0n) is 6.89. The number of hydrogen-bond acceptors (Lipinski definition) is 2. The number of alkyl halides is 1. The molecule has 0 rings (SSSR count). The first-order valence-electron chi connectivity index (χ1n) is 3.60. The zero-order chi connectivity index (χ0) is 8.69. The third kappa shape index (κ3) is 6.10. The first-order chi connectivity index (χ1) is 5.20. The van der Waals surface area contributed by atoms with E-state index in [0.29, 0.717) is 11.9 Å². The second-order valence-corrected chi connectivity index (χ2v) is 2.85. The summed E-state index contributed by atoms with van der Waals surface area (Å²) in [7, 11) is 0. The van der Waals surface area contributed by atoms with Crippen molar-refractivity contribution >= 4 is 21.9 Å². The molecule has 0 heterocycles. The van der Waals surface area contributed by atoms with Gasteiger partial charge >= 0.3 is 5.97 Å². The Hall–Kier alpha value is -0.310. The lowest BCUT2D eigenvalue weighted by molar-refractivity contribution is -0.137. The molecule has 0 aliphatic rings. The SMILES string of the molecule is CCCOC(=O)/C=C(\C)CBr. The summed E-state index contributed by atoms with van der Waals surface area (Å²) >= 11 is 3.24. The van der Waals surface area contributed by atoms with Crippen LogP contribution >= 0.6 is 15.9 Å². The molecule has 3 heteroatoms. The topological polar surface area (TPSA) is 26.3 Å². The second-order valence-electron chi connectivity index (χ2n) is 2.29. The lowest BCUT2D eigenvalue weighted by Crippen LogP contribution is -2.02. The normalized spacial score (nSPS) is 11.4. The number of rotatable bonds is 4. The highest BCUT2D eigenvalue weighted by Gasteiger charge is 1.96. The van der Waals surface area contributed by atoms with Gasteiger partial charge in [-0.05, 0) is 13.3 Å². The molecule has 0 amide bonds. The standard InChI is InChI=1S/C8H13BrO2/c1-3-4-11-8(10)5-7(2)6-9/h5H,3-4,6H2,1-2H3/b7-5+. The number of esters is 1. The van der Waals surface area contributed by atoms with Crippen LogP contribution in [0.15, 0.2) is 11.6 Å². The Morgan fingerprint density at radius 3 is 2.73 bits per heavy atom. The quantitative estimate of drug-likeness (QED) is 0.413. The highest BCUT2D eigenvalue weighted by atomic mass is 79.9. The number of carbonyl (C=O) groups excluding carboxylic acids is 1. The summed E-state index contributed by atoms with van der Waals surface area (Å²) in [5.74, 6) is -0.246. The molecule has 0 aromatic heterocycles. The Balaban J connectivity index is 3.67. The molecule has 0 aromatic carbocycles. The second kappa shape index (κ2) is 6.40. The zero-order valence-corrected chi connectivity index (χ0v) is 8.48. The fourth-order valence-corrected chi connectivity index (χ4v) is 0.646. The fourth-order valence-electron chi connectivity index (χ4n) is 0.484. The minimum Gasteiger partial charge on any atom is -0.463 e. The maximum atomic E-state index is 10.9. The van der Waals surface area contributed by atoms with E-state index >= 15 is 0 Å². The minimum atomic E-state index is -0.246. The molecular formula is C8H13BrO2. The number of allylic oxidation sites excluding steroid dienone is 1. The van der Waals surface area contributed by atoms with Crippen molar-refractivity contribution in [3.8, 4) is 0 Å². The molecule has 0 N–H and O–H groups in total. The first kappa shape index (κ1) is 10.7. The van der Waals surface area contributed by atoms with E-state index < -0.39 is 0 Å². The van der Waals surface area contributed by atoms with E-state index in [4.69, 9.17) is 4.74 Å². The summed E-state index contributed by atoms with van der Waals surface area (Å²) < 4.78 is 4.83. The fraction of sp³-hybridized carbons (Fsp3) is 0.625. The Kier molecular flexibility index (Phi) is 6.22. The maximum absolute atomic E-state index is 10.9. The third-order valence-corrected chi connectivity index (χ3v) is 1.91. The van der Waals surface area contributed by atoms with Crippen LogP contribution in [0.3, 0.4) is 0 Å². The van der Waals surface area contributed by atoms with Crippen molar-refractivity contribution in [1.82, 2.24) is 0 Å². The van der Waals surface area contributed by atoms with Gasteiger partial charge in [0.05, 0.1) is 6.61 Å². The van der Waals surface area contributed by atoms with Gasteiger partial charge in [-0.2, -0.15) is 0 Å². The van der Waals surface area contributed by atoms with Crippen LogP contribution < -0.4 is 0 Å². The average Bonchev–Trinajstić information content (AvgIpc) is 2.00. The van der Waals surface area contributed by atoms with E-state index in [1.165, 1.54) is 6.08 Å².